The Bertz CT molecular complexity index is 611. The number of amides is 3. The first-order valence-corrected chi connectivity index (χ1v) is 7.28. The van der Waals surface area contributed by atoms with Crippen molar-refractivity contribution in [3.05, 3.63) is 34.9 Å². The second kappa shape index (κ2) is 6.70. The van der Waals surface area contributed by atoms with Gasteiger partial charge in [-0.25, -0.2) is 0 Å². The SMILES string of the molecule is Cc1ccc2c(c1)C(=O)N(CC(=O)NCCCN(C)C)C2=O. The van der Waals surface area contributed by atoms with E-state index in [9.17, 15) is 14.4 Å². The molecule has 0 unspecified atom stereocenters. The van der Waals surface area contributed by atoms with Gasteiger partial charge in [0.25, 0.3) is 11.8 Å². The first-order chi connectivity index (χ1) is 10.4. The number of nitrogens with zero attached hydrogens (tertiary/aromatic N) is 2. The normalized spacial score (nSPS) is 13.7. The molecule has 0 saturated heterocycles. The molecule has 3 amide bonds. The highest BCUT2D eigenvalue weighted by molar-refractivity contribution is 6.22. The molecule has 118 valence electrons. The van der Waals surface area contributed by atoms with Crippen LogP contribution in [0.2, 0.25) is 0 Å². The molecular formula is C16H21N3O3. The van der Waals surface area contributed by atoms with Crippen LogP contribution in [0.1, 0.15) is 32.7 Å². The van der Waals surface area contributed by atoms with Gasteiger partial charge in [0.2, 0.25) is 5.91 Å². The maximum absolute atomic E-state index is 12.2. The van der Waals surface area contributed by atoms with Crippen molar-refractivity contribution in [3.63, 3.8) is 0 Å². The predicted molar refractivity (Wildman–Crippen MR) is 82.7 cm³/mol. The number of nitrogens with one attached hydrogen (secondary N) is 1. The lowest BCUT2D eigenvalue weighted by atomic mass is 10.1. The fourth-order valence-electron chi connectivity index (χ4n) is 2.37. The van der Waals surface area contributed by atoms with Gasteiger partial charge >= 0.3 is 0 Å². The van der Waals surface area contributed by atoms with E-state index in [1.54, 1.807) is 18.2 Å². The lowest BCUT2D eigenvalue weighted by Gasteiger charge is -2.14. The molecule has 0 fully saturated rings. The molecule has 0 atom stereocenters. The monoisotopic (exact) mass is 303 g/mol. The van der Waals surface area contributed by atoms with Crippen LogP contribution in [0.4, 0.5) is 0 Å². The number of fused-ring (bicyclic) bond motifs is 1. The van der Waals surface area contributed by atoms with E-state index in [0.717, 1.165) is 23.4 Å². The standard InChI is InChI=1S/C16H21N3O3/c1-11-5-6-12-13(9-11)16(22)19(15(12)21)10-14(20)17-7-4-8-18(2)3/h5-6,9H,4,7-8,10H2,1-3H3,(H,17,20). The molecule has 6 heteroatoms. The van der Waals surface area contributed by atoms with Crippen LogP contribution in [0.3, 0.4) is 0 Å². The Morgan fingerprint density at radius 2 is 1.86 bits per heavy atom. The summed E-state index contributed by atoms with van der Waals surface area (Å²) in [6.07, 6.45) is 0.819. The van der Waals surface area contributed by atoms with E-state index in [2.05, 4.69) is 5.32 Å². The van der Waals surface area contributed by atoms with Crippen LogP contribution in [0, 0.1) is 6.92 Å². The summed E-state index contributed by atoms with van der Waals surface area (Å²) in [4.78, 5) is 39.3. The van der Waals surface area contributed by atoms with Crippen molar-refractivity contribution in [3.8, 4) is 0 Å². The summed E-state index contributed by atoms with van der Waals surface area (Å²) < 4.78 is 0. The Kier molecular flexibility index (Phi) is 4.92. The second-order valence-electron chi connectivity index (χ2n) is 5.75. The summed E-state index contributed by atoms with van der Waals surface area (Å²) in [5, 5.41) is 2.73. The molecule has 0 spiro atoms. The van der Waals surface area contributed by atoms with Gasteiger partial charge in [0.1, 0.15) is 6.54 Å². The van der Waals surface area contributed by atoms with Gasteiger partial charge in [-0.3, -0.25) is 19.3 Å². The molecule has 1 N–H and O–H groups in total. The first kappa shape index (κ1) is 16.2. The molecule has 2 rings (SSSR count). The maximum atomic E-state index is 12.2. The van der Waals surface area contributed by atoms with Gasteiger partial charge in [-0.1, -0.05) is 11.6 Å². The van der Waals surface area contributed by atoms with Crippen LogP contribution < -0.4 is 5.32 Å². The Balaban J connectivity index is 1.93. The van der Waals surface area contributed by atoms with Gasteiger partial charge in [-0.05, 0) is 46.1 Å². The van der Waals surface area contributed by atoms with Crippen molar-refractivity contribution in [2.45, 2.75) is 13.3 Å². The third-order valence-electron chi connectivity index (χ3n) is 3.53. The van der Waals surface area contributed by atoms with E-state index in [1.165, 1.54) is 0 Å². The summed E-state index contributed by atoms with van der Waals surface area (Å²) in [5.74, 6) is -1.11. The zero-order valence-electron chi connectivity index (χ0n) is 13.2. The quantitative estimate of drug-likeness (QED) is 0.619. The van der Waals surface area contributed by atoms with Crippen molar-refractivity contribution in [2.75, 3.05) is 33.7 Å². The van der Waals surface area contributed by atoms with Gasteiger partial charge in [0, 0.05) is 6.54 Å². The average Bonchev–Trinajstić information content (AvgIpc) is 2.68. The average molecular weight is 303 g/mol. The number of carbonyl (C=O) groups is 3. The van der Waals surface area contributed by atoms with E-state index in [4.69, 9.17) is 0 Å². The minimum atomic E-state index is -0.400. The van der Waals surface area contributed by atoms with Crippen molar-refractivity contribution in [1.82, 2.24) is 15.1 Å². The summed E-state index contributed by atoms with van der Waals surface area (Å²) in [5.41, 5.74) is 1.66. The summed E-state index contributed by atoms with van der Waals surface area (Å²) >= 11 is 0. The molecule has 1 aromatic rings. The number of rotatable bonds is 6. The van der Waals surface area contributed by atoms with Gasteiger partial charge in [0.05, 0.1) is 11.1 Å². The van der Waals surface area contributed by atoms with Crippen molar-refractivity contribution < 1.29 is 14.4 Å². The van der Waals surface area contributed by atoms with E-state index >= 15 is 0 Å². The zero-order chi connectivity index (χ0) is 16.3. The van der Waals surface area contributed by atoms with E-state index in [-0.39, 0.29) is 12.5 Å². The number of imide groups is 1. The Hall–Kier alpha value is -2.21. The highest BCUT2D eigenvalue weighted by atomic mass is 16.2. The van der Waals surface area contributed by atoms with Crippen LogP contribution in [0.15, 0.2) is 18.2 Å². The molecule has 0 aromatic heterocycles. The molecule has 0 bridgehead atoms. The van der Waals surface area contributed by atoms with Gasteiger partial charge in [0.15, 0.2) is 0 Å². The summed E-state index contributed by atoms with van der Waals surface area (Å²) in [7, 11) is 3.92. The largest absolute Gasteiger partial charge is 0.354 e. The highest BCUT2D eigenvalue weighted by Gasteiger charge is 2.36. The minimum Gasteiger partial charge on any atom is -0.354 e. The zero-order valence-corrected chi connectivity index (χ0v) is 13.2. The van der Waals surface area contributed by atoms with Crippen molar-refractivity contribution in [1.29, 1.82) is 0 Å². The van der Waals surface area contributed by atoms with Crippen LogP contribution >= 0.6 is 0 Å². The van der Waals surface area contributed by atoms with Gasteiger partial charge < -0.3 is 10.2 Å². The van der Waals surface area contributed by atoms with Gasteiger partial charge in [-0.15, -0.1) is 0 Å². The number of benzene rings is 1. The number of hydrogen-bond acceptors (Lipinski definition) is 4. The fraction of sp³-hybridized carbons (Fsp3) is 0.438. The van der Waals surface area contributed by atoms with E-state index in [0.29, 0.717) is 17.7 Å². The summed E-state index contributed by atoms with van der Waals surface area (Å²) in [6, 6.07) is 5.11. The Labute approximate surface area is 130 Å². The maximum Gasteiger partial charge on any atom is 0.262 e. The molecule has 22 heavy (non-hydrogen) atoms. The van der Waals surface area contributed by atoms with Crippen molar-refractivity contribution >= 4 is 17.7 Å². The molecule has 0 radical (unpaired) electrons. The Morgan fingerprint density at radius 3 is 2.55 bits per heavy atom. The Morgan fingerprint density at radius 1 is 1.18 bits per heavy atom. The van der Waals surface area contributed by atoms with E-state index in [1.807, 2.05) is 25.9 Å². The number of carbonyl (C=O) groups excluding carboxylic acids is 3. The van der Waals surface area contributed by atoms with E-state index < -0.39 is 11.8 Å². The molecule has 0 saturated carbocycles. The van der Waals surface area contributed by atoms with Crippen LogP contribution in [0.25, 0.3) is 0 Å². The molecule has 1 heterocycles. The molecular weight excluding hydrogens is 282 g/mol. The topological polar surface area (TPSA) is 69.7 Å². The lowest BCUT2D eigenvalue weighted by molar-refractivity contribution is -0.121. The first-order valence-electron chi connectivity index (χ1n) is 7.28. The highest BCUT2D eigenvalue weighted by Crippen LogP contribution is 2.23. The van der Waals surface area contributed by atoms with Crippen molar-refractivity contribution in [2.24, 2.45) is 0 Å². The number of hydrogen-bond donors (Lipinski definition) is 1. The smallest absolute Gasteiger partial charge is 0.262 e. The van der Waals surface area contributed by atoms with Crippen LogP contribution in [-0.4, -0.2) is 61.3 Å². The van der Waals surface area contributed by atoms with Crippen LogP contribution in [-0.2, 0) is 4.79 Å². The predicted octanol–water partition coefficient (Wildman–Crippen LogP) is 0.659. The third-order valence-corrected chi connectivity index (χ3v) is 3.53. The van der Waals surface area contributed by atoms with Gasteiger partial charge in [-0.2, -0.15) is 0 Å². The molecule has 1 aliphatic rings. The molecule has 1 aromatic carbocycles. The molecule has 6 nitrogen and oxygen atoms in total. The fourth-order valence-corrected chi connectivity index (χ4v) is 2.37. The lowest BCUT2D eigenvalue weighted by Crippen LogP contribution is -2.40. The van der Waals surface area contributed by atoms with Crippen LogP contribution in [0.5, 0.6) is 0 Å². The summed E-state index contributed by atoms with van der Waals surface area (Å²) in [6.45, 7) is 3.03. The third kappa shape index (κ3) is 3.51. The molecule has 1 aliphatic heterocycles. The second-order valence-corrected chi connectivity index (χ2v) is 5.75. The minimum absolute atomic E-state index is 0.229. The molecule has 0 aliphatic carbocycles. The number of aryl methyl sites for hydroxylation is 1.